The van der Waals surface area contributed by atoms with Crippen LogP contribution in [0, 0.1) is 0 Å². The van der Waals surface area contributed by atoms with E-state index < -0.39 is 5.56 Å². The molecule has 31 heavy (non-hydrogen) atoms. The van der Waals surface area contributed by atoms with Crippen molar-refractivity contribution >= 4 is 46.4 Å². The van der Waals surface area contributed by atoms with Crippen molar-refractivity contribution in [2.75, 3.05) is 14.1 Å². The molecule has 2 aromatic carbocycles. The van der Waals surface area contributed by atoms with Gasteiger partial charge in [-0.25, -0.2) is 4.52 Å². The number of carbonyl (C=O) groups excluding carboxylic acids is 1. The maximum atomic E-state index is 12.6. The van der Waals surface area contributed by atoms with Crippen molar-refractivity contribution in [3.63, 3.8) is 0 Å². The first-order valence-corrected chi connectivity index (χ1v) is 10.8. The van der Waals surface area contributed by atoms with E-state index in [2.05, 4.69) is 10.1 Å². The molecule has 0 atom stereocenters. The lowest BCUT2D eigenvalue weighted by atomic mass is 10.1. The van der Waals surface area contributed by atoms with Crippen LogP contribution in [-0.4, -0.2) is 39.5 Å². The zero-order valence-electron chi connectivity index (χ0n) is 16.5. The summed E-state index contributed by atoms with van der Waals surface area (Å²) in [5.74, 6) is -0.0927. The predicted molar refractivity (Wildman–Crippen MR) is 123 cm³/mol. The Balaban J connectivity index is 1.81. The van der Waals surface area contributed by atoms with E-state index in [1.54, 1.807) is 50.5 Å². The molecule has 0 saturated carbocycles. The fourth-order valence-corrected chi connectivity index (χ4v) is 4.59. The third-order valence-electron chi connectivity index (χ3n) is 4.54. The summed E-state index contributed by atoms with van der Waals surface area (Å²) in [6.45, 7) is 0. The van der Waals surface area contributed by atoms with E-state index in [9.17, 15) is 9.59 Å². The molecular formula is C22H16Cl2N4O2S. The highest BCUT2D eigenvalue weighted by atomic mass is 35.5. The molecule has 2 aromatic heterocycles. The molecule has 4 aromatic rings. The lowest BCUT2D eigenvalue weighted by Gasteiger charge is -2.14. The molecule has 2 heterocycles. The number of amides is 1. The second kappa shape index (κ2) is 8.70. The molecule has 0 saturated heterocycles. The molecule has 0 aliphatic carbocycles. The molecule has 156 valence electrons. The van der Waals surface area contributed by atoms with Gasteiger partial charge in [-0.15, -0.1) is 0 Å². The third kappa shape index (κ3) is 4.17. The first-order valence-electron chi connectivity index (χ1n) is 9.18. The molecule has 4 rings (SSSR count). The minimum Gasteiger partial charge on any atom is -0.345 e. The summed E-state index contributed by atoms with van der Waals surface area (Å²) < 4.78 is 1.51. The van der Waals surface area contributed by atoms with Crippen molar-refractivity contribution in [3.8, 4) is 11.1 Å². The van der Waals surface area contributed by atoms with Gasteiger partial charge < -0.3 is 4.90 Å². The lowest BCUT2D eigenvalue weighted by Crippen LogP contribution is -2.22. The predicted octanol–water partition coefficient (Wildman–Crippen LogP) is 4.92. The molecule has 0 radical (unpaired) electrons. The van der Waals surface area contributed by atoms with Gasteiger partial charge in [0, 0.05) is 24.6 Å². The minimum atomic E-state index is -0.445. The molecular weight excluding hydrogens is 455 g/mol. The fourth-order valence-electron chi connectivity index (χ4n) is 3.10. The average molecular weight is 471 g/mol. The number of benzene rings is 2. The van der Waals surface area contributed by atoms with Gasteiger partial charge in [-0.2, -0.15) is 10.1 Å². The van der Waals surface area contributed by atoms with Gasteiger partial charge in [0.2, 0.25) is 0 Å². The second-order valence-corrected chi connectivity index (χ2v) is 8.70. The number of fused-ring (bicyclic) bond motifs is 1. The summed E-state index contributed by atoms with van der Waals surface area (Å²) >= 11 is 14.0. The standard InChI is InChI=1S/C22H16Cl2N4O2S/c1-27(2)22(30)13-6-3-4-9-17(13)31-18-11-10-16-20(21(29)25-12-28(16)26-18)19-14(23)7-5-8-15(19)24/h3-12H,1-2H3. The Morgan fingerprint density at radius 2 is 1.68 bits per heavy atom. The Labute approximate surface area is 192 Å². The molecule has 0 N–H and O–H groups in total. The number of halogens is 2. The van der Waals surface area contributed by atoms with Crippen LogP contribution in [0.3, 0.4) is 0 Å². The van der Waals surface area contributed by atoms with Crippen LogP contribution in [0.2, 0.25) is 10.0 Å². The first-order chi connectivity index (χ1) is 14.9. The molecule has 0 fully saturated rings. The van der Waals surface area contributed by atoms with E-state index in [-0.39, 0.29) is 11.5 Å². The van der Waals surface area contributed by atoms with Gasteiger partial charge in [0.05, 0.1) is 26.7 Å². The fraction of sp³-hybridized carbons (Fsp3) is 0.0909. The van der Waals surface area contributed by atoms with Crippen LogP contribution in [0.25, 0.3) is 16.6 Å². The number of aromatic nitrogens is 3. The molecule has 0 aliphatic rings. The Kier molecular flexibility index (Phi) is 6.00. The largest absolute Gasteiger partial charge is 0.345 e. The van der Waals surface area contributed by atoms with Gasteiger partial charge >= 0.3 is 0 Å². The monoisotopic (exact) mass is 470 g/mol. The zero-order chi connectivity index (χ0) is 22.1. The minimum absolute atomic E-state index is 0.0927. The van der Waals surface area contributed by atoms with Gasteiger partial charge in [-0.3, -0.25) is 9.59 Å². The molecule has 6 nitrogen and oxygen atoms in total. The Hall–Kier alpha value is -2.87. The van der Waals surface area contributed by atoms with E-state index in [0.29, 0.717) is 31.7 Å². The second-order valence-electron chi connectivity index (χ2n) is 6.82. The van der Waals surface area contributed by atoms with E-state index in [4.69, 9.17) is 23.2 Å². The summed E-state index contributed by atoms with van der Waals surface area (Å²) in [5.41, 5.74) is 1.37. The highest BCUT2D eigenvalue weighted by Gasteiger charge is 2.18. The van der Waals surface area contributed by atoms with Crippen molar-refractivity contribution in [3.05, 3.63) is 86.9 Å². The Morgan fingerprint density at radius 1 is 0.968 bits per heavy atom. The van der Waals surface area contributed by atoms with Crippen LogP contribution in [0.5, 0.6) is 0 Å². The number of nitrogens with zero attached hydrogens (tertiary/aromatic N) is 4. The van der Waals surface area contributed by atoms with Crippen LogP contribution < -0.4 is 5.56 Å². The average Bonchev–Trinajstić information content (AvgIpc) is 2.75. The van der Waals surface area contributed by atoms with Crippen molar-refractivity contribution in [1.82, 2.24) is 19.5 Å². The van der Waals surface area contributed by atoms with Crippen molar-refractivity contribution in [2.45, 2.75) is 9.92 Å². The summed E-state index contributed by atoms with van der Waals surface area (Å²) in [7, 11) is 3.42. The normalized spacial score (nSPS) is 11.0. The SMILES string of the molecule is CN(C)C(=O)c1ccccc1Sc1ccc2c(-c3c(Cl)cccc3Cl)c(=O)ncn2n1. The molecule has 0 aliphatic heterocycles. The first kappa shape index (κ1) is 21.4. The van der Waals surface area contributed by atoms with Gasteiger partial charge in [0.15, 0.2) is 0 Å². The molecule has 9 heteroatoms. The summed E-state index contributed by atoms with van der Waals surface area (Å²) in [6, 6.07) is 15.9. The quantitative estimate of drug-likeness (QED) is 0.423. The smallest absolute Gasteiger partial charge is 0.281 e. The molecule has 0 unspecified atom stereocenters. The van der Waals surface area contributed by atoms with Crippen LogP contribution >= 0.6 is 35.0 Å². The van der Waals surface area contributed by atoms with Crippen molar-refractivity contribution in [1.29, 1.82) is 0 Å². The molecule has 1 amide bonds. The van der Waals surface area contributed by atoms with E-state index >= 15 is 0 Å². The van der Waals surface area contributed by atoms with E-state index in [1.807, 2.05) is 18.2 Å². The van der Waals surface area contributed by atoms with Gasteiger partial charge in [-0.05, 0) is 36.4 Å². The molecule has 0 spiro atoms. The lowest BCUT2D eigenvalue weighted by molar-refractivity contribution is 0.0824. The maximum absolute atomic E-state index is 12.6. The Bertz CT molecular complexity index is 1350. The van der Waals surface area contributed by atoms with Crippen LogP contribution in [0.4, 0.5) is 0 Å². The van der Waals surface area contributed by atoms with Crippen molar-refractivity contribution < 1.29 is 4.79 Å². The number of hydrogen-bond donors (Lipinski definition) is 0. The maximum Gasteiger partial charge on any atom is 0.281 e. The van der Waals surface area contributed by atoms with Crippen molar-refractivity contribution in [2.24, 2.45) is 0 Å². The van der Waals surface area contributed by atoms with Crippen LogP contribution in [-0.2, 0) is 0 Å². The van der Waals surface area contributed by atoms with Gasteiger partial charge in [0.1, 0.15) is 11.4 Å². The van der Waals surface area contributed by atoms with Gasteiger partial charge in [-0.1, -0.05) is 53.2 Å². The highest BCUT2D eigenvalue weighted by Crippen LogP contribution is 2.35. The zero-order valence-corrected chi connectivity index (χ0v) is 18.9. The van der Waals surface area contributed by atoms with Crippen LogP contribution in [0.1, 0.15) is 10.4 Å². The number of rotatable bonds is 4. The molecule has 0 bridgehead atoms. The van der Waals surface area contributed by atoms with E-state index in [1.165, 1.54) is 27.5 Å². The third-order valence-corrected chi connectivity index (χ3v) is 6.17. The summed E-state index contributed by atoms with van der Waals surface area (Å²) in [6.07, 6.45) is 1.35. The van der Waals surface area contributed by atoms with E-state index in [0.717, 1.165) is 4.90 Å². The summed E-state index contributed by atoms with van der Waals surface area (Å²) in [4.78, 5) is 31.3. The number of hydrogen-bond acceptors (Lipinski definition) is 5. The number of carbonyl (C=O) groups is 1. The summed E-state index contributed by atoms with van der Waals surface area (Å²) in [5, 5.41) is 5.91. The van der Waals surface area contributed by atoms with Gasteiger partial charge in [0.25, 0.3) is 11.5 Å². The van der Waals surface area contributed by atoms with Crippen LogP contribution in [0.15, 0.2) is 75.6 Å². The Morgan fingerprint density at radius 3 is 2.39 bits per heavy atom. The highest BCUT2D eigenvalue weighted by molar-refractivity contribution is 7.99. The topological polar surface area (TPSA) is 67.6 Å².